The van der Waals surface area contributed by atoms with Crippen molar-refractivity contribution in [2.45, 2.75) is 13.0 Å². The van der Waals surface area contributed by atoms with Gasteiger partial charge in [-0.1, -0.05) is 23.7 Å². The van der Waals surface area contributed by atoms with Crippen molar-refractivity contribution in [1.29, 1.82) is 5.26 Å². The normalized spacial score (nSPS) is 11.5. The zero-order chi connectivity index (χ0) is 15.4. The molecule has 1 N–H and O–H groups in total. The Morgan fingerprint density at radius 2 is 2.05 bits per heavy atom. The summed E-state index contributed by atoms with van der Waals surface area (Å²) in [5.41, 5.74) is 1.04. The molecule has 0 aliphatic heterocycles. The lowest BCUT2D eigenvalue weighted by Gasteiger charge is -2.14. The average molecular weight is 304 g/mol. The van der Waals surface area contributed by atoms with E-state index in [4.69, 9.17) is 16.9 Å². The number of hydrogen-bond donors (Lipinski definition) is 1. The molecule has 106 valence electrons. The molecule has 0 saturated carbocycles. The summed E-state index contributed by atoms with van der Waals surface area (Å²) in [4.78, 5) is 17.8. The molecule has 2 aromatic rings. The molecule has 1 unspecified atom stereocenters. The van der Waals surface area contributed by atoms with Crippen LogP contribution in [-0.4, -0.2) is 14.9 Å². The fourth-order valence-electron chi connectivity index (χ4n) is 1.76. The molecule has 0 saturated heterocycles. The summed E-state index contributed by atoms with van der Waals surface area (Å²) in [6.07, 6.45) is 1.16. The topological polar surface area (TPSA) is 105 Å². The van der Waals surface area contributed by atoms with Gasteiger partial charge in [0.05, 0.1) is 22.6 Å². The summed E-state index contributed by atoms with van der Waals surface area (Å²) >= 11 is 5.72. The molecule has 1 heterocycles. The largest absolute Gasteiger partial charge is 0.358 e. The number of nitriles is 1. The predicted molar refractivity (Wildman–Crippen MR) is 76.9 cm³/mol. The fraction of sp³-hybridized carbons (Fsp3) is 0.154. The molecule has 1 aromatic heterocycles. The van der Waals surface area contributed by atoms with E-state index >= 15 is 0 Å². The second-order valence-electron chi connectivity index (χ2n) is 4.22. The summed E-state index contributed by atoms with van der Waals surface area (Å²) in [6, 6.07) is 8.67. The zero-order valence-electron chi connectivity index (χ0n) is 10.9. The smallest absolute Gasteiger partial charge is 0.348 e. The Balaban J connectivity index is 2.27. The second kappa shape index (κ2) is 6.15. The molecule has 7 nitrogen and oxygen atoms in total. The van der Waals surface area contributed by atoms with Crippen molar-refractivity contribution < 1.29 is 4.92 Å². The van der Waals surface area contributed by atoms with Gasteiger partial charge in [0.1, 0.15) is 6.33 Å². The van der Waals surface area contributed by atoms with Crippen LogP contribution in [0.2, 0.25) is 5.15 Å². The Labute approximate surface area is 125 Å². The van der Waals surface area contributed by atoms with Gasteiger partial charge in [-0.2, -0.15) is 5.26 Å². The van der Waals surface area contributed by atoms with E-state index in [1.54, 1.807) is 24.3 Å². The minimum absolute atomic E-state index is 0.0526. The van der Waals surface area contributed by atoms with Crippen LogP contribution in [0.4, 0.5) is 11.5 Å². The quantitative estimate of drug-likeness (QED) is 0.528. The van der Waals surface area contributed by atoms with Crippen LogP contribution in [0.25, 0.3) is 0 Å². The maximum Gasteiger partial charge on any atom is 0.348 e. The first-order valence-electron chi connectivity index (χ1n) is 5.94. The number of benzene rings is 1. The summed E-state index contributed by atoms with van der Waals surface area (Å²) < 4.78 is 0. The Hall–Kier alpha value is -2.72. The minimum atomic E-state index is -0.629. The lowest BCUT2D eigenvalue weighted by molar-refractivity contribution is -0.384. The van der Waals surface area contributed by atoms with Crippen molar-refractivity contribution in [2.75, 3.05) is 5.32 Å². The van der Waals surface area contributed by atoms with Crippen LogP contribution in [0.15, 0.2) is 30.6 Å². The number of anilines is 1. The maximum absolute atomic E-state index is 11.0. The van der Waals surface area contributed by atoms with Gasteiger partial charge in [-0.25, -0.2) is 9.97 Å². The van der Waals surface area contributed by atoms with Gasteiger partial charge in [0.15, 0.2) is 0 Å². The molecule has 21 heavy (non-hydrogen) atoms. The van der Waals surface area contributed by atoms with Crippen LogP contribution in [0.1, 0.15) is 24.1 Å². The van der Waals surface area contributed by atoms with Crippen LogP contribution < -0.4 is 5.32 Å². The van der Waals surface area contributed by atoms with E-state index in [9.17, 15) is 10.1 Å². The van der Waals surface area contributed by atoms with Gasteiger partial charge in [0.2, 0.25) is 11.0 Å². The van der Waals surface area contributed by atoms with E-state index in [-0.39, 0.29) is 22.7 Å². The van der Waals surface area contributed by atoms with Crippen LogP contribution >= 0.6 is 11.6 Å². The first-order valence-corrected chi connectivity index (χ1v) is 6.32. The van der Waals surface area contributed by atoms with E-state index in [0.29, 0.717) is 5.56 Å². The Morgan fingerprint density at radius 1 is 1.38 bits per heavy atom. The first-order chi connectivity index (χ1) is 10.0. The highest BCUT2D eigenvalue weighted by Gasteiger charge is 2.22. The molecule has 8 heteroatoms. The molecule has 0 radical (unpaired) electrons. The average Bonchev–Trinajstić information content (AvgIpc) is 2.47. The third-order valence-corrected chi connectivity index (χ3v) is 3.13. The molecule has 0 spiro atoms. The van der Waals surface area contributed by atoms with Crippen LogP contribution in [0.3, 0.4) is 0 Å². The van der Waals surface area contributed by atoms with Gasteiger partial charge in [-0.3, -0.25) is 10.1 Å². The lowest BCUT2D eigenvalue weighted by Crippen LogP contribution is -2.10. The van der Waals surface area contributed by atoms with Crippen LogP contribution in [0, 0.1) is 21.4 Å². The summed E-state index contributed by atoms with van der Waals surface area (Å²) in [5, 5.41) is 22.5. The van der Waals surface area contributed by atoms with Gasteiger partial charge >= 0.3 is 5.69 Å². The molecule has 1 aromatic carbocycles. The summed E-state index contributed by atoms with van der Waals surface area (Å²) in [7, 11) is 0. The maximum atomic E-state index is 11.0. The van der Waals surface area contributed by atoms with Crippen LogP contribution in [-0.2, 0) is 0 Å². The van der Waals surface area contributed by atoms with E-state index < -0.39 is 4.92 Å². The van der Waals surface area contributed by atoms with Gasteiger partial charge < -0.3 is 5.32 Å². The number of aromatic nitrogens is 2. The van der Waals surface area contributed by atoms with E-state index in [2.05, 4.69) is 15.3 Å². The first kappa shape index (κ1) is 14.7. The molecule has 0 aliphatic carbocycles. The number of rotatable bonds is 4. The summed E-state index contributed by atoms with van der Waals surface area (Å²) in [6.45, 7) is 1.82. The van der Waals surface area contributed by atoms with E-state index in [1.807, 2.05) is 13.0 Å². The van der Waals surface area contributed by atoms with Crippen molar-refractivity contribution >= 4 is 23.1 Å². The van der Waals surface area contributed by atoms with Crippen molar-refractivity contribution in [3.63, 3.8) is 0 Å². The highest BCUT2D eigenvalue weighted by atomic mass is 35.5. The number of nitrogens with zero attached hydrogens (tertiary/aromatic N) is 4. The standard InChI is InChI=1S/C13H10ClN5O2/c1-8(10-4-2-9(6-15)3-5-10)18-13-11(19(20)21)12(14)16-7-17-13/h2-5,7-8H,1H3,(H,16,17,18). The minimum Gasteiger partial charge on any atom is -0.358 e. The van der Waals surface area contributed by atoms with Crippen molar-refractivity contribution in [3.8, 4) is 6.07 Å². The molecular weight excluding hydrogens is 294 g/mol. The number of nitrogens with one attached hydrogen (secondary N) is 1. The highest BCUT2D eigenvalue weighted by Crippen LogP contribution is 2.30. The predicted octanol–water partition coefficient (Wildman–Crippen LogP) is 3.08. The molecule has 0 aliphatic rings. The third kappa shape index (κ3) is 3.24. The second-order valence-corrected chi connectivity index (χ2v) is 4.58. The fourth-order valence-corrected chi connectivity index (χ4v) is 1.96. The van der Waals surface area contributed by atoms with Gasteiger partial charge in [0, 0.05) is 0 Å². The third-order valence-electron chi connectivity index (χ3n) is 2.85. The number of hydrogen-bond acceptors (Lipinski definition) is 6. The molecule has 0 fully saturated rings. The number of nitro groups is 1. The molecular formula is C13H10ClN5O2. The van der Waals surface area contributed by atoms with Gasteiger partial charge in [-0.05, 0) is 24.6 Å². The highest BCUT2D eigenvalue weighted by molar-refractivity contribution is 6.31. The van der Waals surface area contributed by atoms with E-state index in [1.165, 1.54) is 0 Å². The molecule has 2 rings (SSSR count). The van der Waals surface area contributed by atoms with Gasteiger partial charge in [-0.15, -0.1) is 0 Å². The molecule has 0 amide bonds. The van der Waals surface area contributed by atoms with E-state index in [0.717, 1.165) is 11.9 Å². The van der Waals surface area contributed by atoms with Crippen molar-refractivity contribution in [1.82, 2.24) is 9.97 Å². The zero-order valence-corrected chi connectivity index (χ0v) is 11.7. The van der Waals surface area contributed by atoms with Gasteiger partial charge in [0.25, 0.3) is 0 Å². The Kier molecular flexibility index (Phi) is 4.30. The Bertz CT molecular complexity index is 711. The van der Waals surface area contributed by atoms with Crippen molar-refractivity contribution in [2.24, 2.45) is 0 Å². The number of halogens is 1. The molecule has 1 atom stereocenters. The molecule has 0 bridgehead atoms. The monoisotopic (exact) mass is 303 g/mol. The SMILES string of the molecule is CC(Nc1ncnc(Cl)c1[N+](=O)[O-])c1ccc(C#N)cc1. The van der Waals surface area contributed by atoms with Crippen LogP contribution in [0.5, 0.6) is 0 Å². The Morgan fingerprint density at radius 3 is 2.62 bits per heavy atom. The lowest BCUT2D eigenvalue weighted by atomic mass is 10.1. The summed E-state index contributed by atoms with van der Waals surface area (Å²) in [5.74, 6) is 0.0526. The van der Waals surface area contributed by atoms with Crippen molar-refractivity contribution in [3.05, 3.63) is 57.0 Å².